The lowest BCUT2D eigenvalue weighted by atomic mass is 10.1. The van der Waals surface area contributed by atoms with Crippen LogP contribution >= 0.6 is 23.2 Å². The molecule has 0 aliphatic rings. The number of halogens is 2. The van der Waals surface area contributed by atoms with E-state index in [-0.39, 0.29) is 21.4 Å². The molecule has 0 saturated carbocycles. The smallest absolute Gasteiger partial charge is 0.254 e. The summed E-state index contributed by atoms with van der Waals surface area (Å²) in [5.74, 6) is -0.604. The maximum atomic E-state index is 12.4. The van der Waals surface area contributed by atoms with Crippen LogP contribution in [0.25, 0.3) is 10.4 Å². The maximum absolute atomic E-state index is 12.4. The normalized spacial score (nSPS) is 11.8. The first-order valence-electron chi connectivity index (χ1n) is 8.38. The number of Topliss-reactive ketones (excluding diaryl/α,β-unsaturated/α-hetero) is 1. The van der Waals surface area contributed by atoms with Crippen molar-refractivity contribution in [3.8, 4) is 0 Å². The van der Waals surface area contributed by atoms with E-state index in [9.17, 15) is 9.59 Å². The highest BCUT2D eigenvalue weighted by molar-refractivity contribution is 6.39. The third kappa shape index (κ3) is 7.91. The predicted molar refractivity (Wildman–Crippen MR) is 105 cm³/mol. The molecule has 0 aliphatic heterocycles. The number of amides is 1. The molecule has 8 heteroatoms. The highest BCUT2D eigenvalue weighted by Crippen LogP contribution is 2.24. The quantitative estimate of drug-likeness (QED) is 0.176. The van der Waals surface area contributed by atoms with E-state index >= 15 is 0 Å². The topological polar surface area (TPSA) is 94.9 Å². The first kappa shape index (κ1) is 22.0. The molecule has 0 heterocycles. The Morgan fingerprint density at radius 2 is 1.92 bits per heavy atom. The summed E-state index contributed by atoms with van der Waals surface area (Å²) in [6.45, 7) is 1.95. The van der Waals surface area contributed by atoms with Crippen molar-refractivity contribution in [1.29, 1.82) is 0 Å². The van der Waals surface area contributed by atoms with Gasteiger partial charge < -0.3 is 5.32 Å². The number of benzene rings is 1. The zero-order valence-corrected chi connectivity index (χ0v) is 16.1. The molecule has 0 bridgehead atoms. The van der Waals surface area contributed by atoms with Gasteiger partial charge >= 0.3 is 0 Å². The molecule has 140 valence electrons. The van der Waals surface area contributed by atoms with Gasteiger partial charge in [-0.1, -0.05) is 53.0 Å². The summed E-state index contributed by atoms with van der Waals surface area (Å²) in [4.78, 5) is 26.9. The zero-order valence-electron chi connectivity index (χ0n) is 14.6. The first-order chi connectivity index (χ1) is 12.5. The number of unbranched alkanes of at least 4 members (excludes halogenated alkanes) is 3. The van der Waals surface area contributed by atoms with Gasteiger partial charge in [0.05, 0.1) is 21.7 Å². The lowest BCUT2D eigenvalue weighted by Gasteiger charge is -2.15. The van der Waals surface area contributed by atoms with Crippen LogP contribution in [0.3, 0.4) is 0 Å². The third-order valence-electron chi connectivity index (χ3n) is 3.72. The minimum absolute atomic E-state index is 0.138. The Balaban J connectivity index is 2.49. The summed E-state index contributed by atoms with van der Waals surface area (Å²) < 4.78 is 0. The number of carbonyl (C=O) groups excluding carboxylic acids is 2. The van der Waals surface area contributed by atoms with Crippen LogP contribution in [0, 0.1) is 0 Å². The van der Waals surface area contributed by atoms with Crippen molar-refractivity contribution in [3.05, 3.63) is 56.4 Å². The van der Waals surface area contributed by atoms with Gasteiger partial charge in [0.15, 0.2) is 5.78 Å². The fourth-order valence-electron chi connectivity index (χ4n) is 2.29. The summed E-state index contributed by atoms with van der Waals surface area (Å²) >= 11 is 12.0. The summed E-state index contributed by atoms with van der Waals surface area (Å²) in [5, 5.41) is 6.65. The molecular formula is C18H22Cl2N4O2. The van der Waals surface area contributed by atoms with Crippen molar-refractivity contribution in [2.75, 3.05) is 6.54 Å². The van der Waals surface area contributed by atoms with Gasteiger partial charge in [0, 0.05) is 11.5 Å². The maximum Gasteiger partial charge on any atom is 0.254 e. The SMILES string of the molecule is CC(=O)[C@H](C/C=C/CCCCCN=[N+]=[N-])NC(=O)c1c(Cl)cccc1Cl. The Hall–Kier alpha value is -2.01. The molecule has 0 saturated heterocycles. The van der Waals surface area contributed by atoms with Crippen LogP contribution in [-0.4, -0.2) is 24.3 Å². The molecule has 1 amide bonds. The number of ketones is 1. The van der Waals surface area contributed by atoms with Crippen LogP contribution < -0.4 is 5.32 Å². The van der Waals surface area contributed by atoms with Gasteiger partial charge in [-0.3, -0.25) is 9.59 Å². The molecule has 1 aromatic carbocycles. The largest absolute Gasteiger partial charge is 0.342 e. The van der Waals surface area contributed by atoms with Crippen LogP contribution in [-0.2, 0) is 4.79 Å². The predicted octanol–water partition coefficient (Wildman–Crippen LogP) is 5.50. The van der Waals surface area contributed by atoms with Crippen molar-refractivity contribution in [1.82, 2.24) is 5.32 Å². The van der Waals surface area contributed by atoms with Crippen LogP contribution in [0.15, 0.2) is 35.5 Å². The highest BCUT2D eigenvalue weighted by Gasteiger charge is 2.20. The third-order valence-corrected chi connectivity index (χ3v) is 4.35. The van der Waals surface area contributed by atoms with E-state index in [0.29, 0.717) is 13.0 Å². The minimum atomic E-state index is -0.629. The van der Waals surface area contributed by atoms with E-state index in [1.54, 1.807) is 18.2 Å². The summed E-state index contributed by atoms with van der Waals surface area (Å²) in [6.07, 6.45) is 7.95. The van der Waals surface area contributed by atoms with E-state index in [1.807, 2.05) is 12.2 Å². The summed E-state index contributed by atoms with van der Waals surface area (Å²) in [5.41, 5.74) is 8.35. The van der Waals surface area contributed by atoms with Gasteiger partial charge in [-0.05, 0) is 50.3 Å². The molecule has 0 fully saturated rings. The average molecular weight is 397 g/mol. The Kier molecular flexibility index (Phi) is 10.5. The molecule has 0 spiro atoms. The molecule has 0 aliphatic carbocycles. The Labute approximate surface area is 163 Å². The van der Waals surface area contributed by atoms with E-state index < -0.39 is 11.9 Å². The Morgan fingerprint density at radius 3 is 2.54 bits per heavy atom. The van der Waals surface area contributed by atoms with Gasteiger partial charge in [0.1, 0.15) is 0 Å². The number of nitrogens with one attached hydrogen (secondary N) is 1. The molecule has 6 nitrogen and oxygen atoms in total. The van der Waals surface area contributed by atoms with Gasteiger partial charge in [0.2, 0.25) is 0 Å². The standard InChI is InChI=1S/C18H22Cl2N4O2/c1-13(25)16(11-6-4-2-3-5-7-12-22-24-21)23-18(26)17-14(19)9-8-10-15(17)20/h4,6,8-10,16H,2-3,5,7,11-12H2,1H3,(H,23,26)/b6-4+/t16-/m0/s1. The van der Waals surface area contributed by atoms with Crippen molar-refractivity contribution >= 4 is 34.9 Å². The van der Waals surface area contributed by atoms with E-state index in [2.05, 4.69) is 15.3 Å². The van der Waals surface area contributed by atoms with Gasteiger partial charge in [-0.15, -0.1) is 0 Å². The second-order valence-electron chi connectivity index (χ2n) is 5.74. The van der Waals surface area contributed by atoms with Crippen LogP contribution in [0.5, 0.6) is 0 Å². The lowest BCUT2D eigenvalue weighted by molar-refractivity contribution is -0.118. The van der Waals surface area contributed by atoms with E-state index in [1.165, 1.54) is 6.92 Å². The minimum Gasteiger partial charge on any atom is -0.342 e. The molecule has 1 rings (SSSR count). The second kappa shape index (κ2) is 12.4. The lowest BCUT2D eigenvalue weighted by Crippen LogP contribution is -2.39. The molecular weight excluding hydrogens is 375 g/mol. The van der Waals surface area contributed by atoms with Crippen molar-refractivity contribution < 1.29 is 9.59 Å². The van der Waals surface area contributed by atoms with Crippen molar-refractivity contribution in [2.24, 2.45) is 5.11 Å². The van der Waals surface area contributed by atoms with Crippen LogP contribution in [0.4, 0.5) is 0 Å². The number of hydrogen-bond donors (Lipinski definition) is 1. The van der Waals surface area contributed by atoms with Gasteiger partial charge in [-0.2, -0.15) is 0 Å². The number of nitrogens with zero attached hydrogens (tertiary/aromatic N) is 3. The zero-order chi connectivity index (χ0) is 19.4. The fourth-order valence-corrected chi connectivity index (χ4v) is 2.86. The number of azide groups is 1. The first-order valence-corrected chi connectivity index (χ1v) is 9.14. The summed E-state index contributed by atoms with van der Waals surface area (Å²) in [6, 6.07) is 4.18. The molecule has 1 aromatic rings. The molecule has 26 heavy (non-hydrogen) atoms. The molecule has 0 aromatic heterocycles. The molecule has 1 N–H and O–H groups in total. The van der Waals surface area contributed by atoms with E-state index in [0.717, 1.165) is 25.7 Å². The molecule has 1 atom stereocenters. The van der Waals surface area contributed by atoms with Crippen molar-refractivity contribution in [2.45, 2.75) is 45.1 Å². The number of carbonyl (C=O) groups is 2. The van der Waals surface area contributed by atoms with Gasteiger partial charge in [-0.25, -0.2) is 0 Å². The summed E-state index contributed by atoms with van der Waals surface area (Å²) in [7, 11) is 0. The average Bonchev–Trinajstić information content (AvgIpc) is 2.59. The fraction of sp³-hybridized carbons (Fsp3) is 0.444. The number of allylic oxidation sites excluding steroid dienone is 1. The highest BCUT2D eigenvalue weighted by atomic mass is 35.5. The Morgan fingerprint density at radius 1 is 1.23 bits per heavy atom. The number of hydrogen-bond acceptors (Lipinski definition) is 3. The number of rotatable bonds is 11. The second-order valence-corrected chi connectivity index (χ2v) is 6.56. The molecule has 0 unspecified atom stereocenters. The van der Waals surface area contributed by atoms with Crippen LogP contribution in [0.2, 0.25) is 10.0 Å². The monoisotopic (exact) mass is 396 g/mol. The Bertz CT molecular complexity index is 680. The van der Waals surface area contributed by atoms with Crippen LogP contribution in [0.1, 0.15) is 49.4 Å². The van der Waals surface area contributed by atoms with Gasteiger partial charge in [0.25, 0.3) is 5.91 Å². The molecule has 0 radical (unpaired) electrons. The van der Waals surface area contributed by atoms with Crippen molar-refractivity contribution in [3.63, 3.8) is 0 Å². The van der Waals surface area contributed by atoms with E-state index in [4.69, 9.17) is 28.7 Å².